The van der Waals surface area contributed by atoms with E-state index < -0.39 is 16.9 Å². The number of carboxylic acid groups (broad SMARTS) is 1. The predicted molar refractivity (Wildman–Crippen MR) is 72.6 cm³/mol. The molecule has 0 spiro atoms. The van der Waals surface area contributed by atoms with Crippen LogP contribution in [0.4, 0.5) is 11.6 Å². The fourth-order valence-electron chi connectivity index (χ4n) is 1.84. The average molecular weight is 278 g/mol. The van der Waals surface area contributed by atoms with E-state index in [4.69, 9.17) is 5.11 Å². The van der Waals surface area contributed by atoms with E-state index in [1.165, 1.54) is 18.2 Å². The molecule has 20 heavy (non-hydrogen) atoms. The number of imidazole rings is 1. The number of aromatic nitrogens is 2. The van der Waals surface area contributed by atoms with Gasteiger partial charge in [0.2, 0.25) is 5.95 Å². The van der Waals surface area contributed by atoms with Crippen molar-refractivity contribution in [1.29, 1.82) is 0 Å². The molecule has 0 aliphatic heterocycles. The summed E-state index contributed by atoms with van der Waals surface area (Å²) < 4.78 is 0. The van der Waals surface area contributed by atoms with Crippen LogP contribution in [0.1, 0.15) is 13.8 Å². The molecule has 1 atom stereocenters. The van der Waals surface area contributed by atoms with Crippen molar-refractivity contribution in [2.24, 2.45) is 5.92 Å². The summed E-state index contributed by atoms with van der Waals surface area (Å²) in [5.74, 6) is -0.830. The van der Waals surface area contributed by atoms with Crippen molar-refractivity contribution >= 4 is 28.6 Å². The number of benzene rings is 1. The molecule has 3 N–H and O–H groups in total. The molecule has 0 bridgehead atoms. The van der Waals surface area contributed by atoms with Crippen molar-refractivity contribution in [1.82, 2.24) is 9.97 Å². The van der Waals surface area contributed by atoms with Crippen molar-refractivity contribution in [3.63, 3.8) is 0 Å². The molecular formula is C12H14N4O4. The summed E-state index contributed by atoms with van der Waals surface area (Å²) in [6.07, 6.45) is 0. The molecule has 0 amide bonds. The molecular weight excluding hydrogens is 264 g/mol. The molecule has 8 heteroatoms. The highest BCUT2D eigenvalue weighted by atomic mass is 16.6. The second kappa shape index (κ2) is 5.16. The van der Waals surface area contributed by atoms with Crippen LogP contribution >= 0.6 is 0 Å². The van der Waals surface area contributed by atoms with Gasteiger partial charge < -0.3 is 15.4 Å². The van der Waals surface area contributed by atoms with Gasteiger partial charge in [0.25, 0.3) is 5.69 Å². The first kappa shape index (κ1) is 13.8. The molecule has 1 heterocycles. The Morgan fingerprint density at radius 2 is 2.20 bits per heavy atom. The van der Waals surface area contributed by atoms with Gasteiger partial charge in [0.1, 0.15) is 6.04 Å². The van der Waals surface area contributed by atoms with Gasteiger partial charge in [-0.15, -0.1) is 0 Å². The predicted octanol–water partition coefficient (Wildman–Crippen LogP) is 1.99. The van der Waals surface area contributed by atoms with Crippen LogP contribution in [0.2, 0.25) is 0 Å². The van der Waals surface area contributed by atoms with Crippen LogP contribution < -0.4 is 5.32 Å². The molecule has 2 rings (SSSR count). The third-order valence-electron chi connectivity index (χ3n) is 2.90. The van der Waals surface area contributed by atoms with Gasteiger partial charge in [0, 0.05) is 12.1 Å². The number of nitrogens with zero attached hydrogens (tertiary/aromatic N) is 2. The molecule has 0 aliphatic rings. The largest absolute Gasteiger partial charge is 0.480 e. The molecule has 0 aliphatic carbocycles. The maximum Gasteiger partial charge on any atom is 0.326 e. The van der Waals surface area contributed by atoms with Crippen LogP contribution in [-0.4, -0.2) is 32.0 Å². The third kappa shape index (κ3) is 2.68. The van der Waals surface area contributed by atoms with E-state index in [9.17, 15) is 14.9 Å². The molecule has 0 radical (unpaired) electrons. The lowest BCUT2D eigenvalue weighted by atomic mass is 10.1. The maximum atomic E-state index is 11.1. The van der Waals surface area contributed by atoms with Gasteiger partial charge in [-0.05, 0) is 12.0 Å². The van der Waals surface area contributed by atoms with Crippen molar-refractivity contribution in [3.05, 3.63) is 28.3 Å². The summed E-state index contributed by atoms with van der Waals surface area (Å²) in [6, 6.07) is 3.44. The van der Waals surface area contributed by atoms with Gasteiger partial charge in [-0.25, -0.2) is 9.78 Å². The Morgan fingerprint density at radius 3 is 2.75 bits per heavy atom. The Bertz CT molecular complexity index is 665. The highest BCUT2D eigenvalue weighted by molar-refractivity contribution is 5.81. The minimum Gasteiger partial charge on any atom is -0.480 e. The highest BCUT2D eigenvalue weighted by Crippen LogP contribution is 2.21. The lowest BCUT2D eigenvalue weighted by Crippen LogP contribution is -2.34. The van der Waals surface area contributed by atoms with Gasteiger partial charge in [-0.2, -0.15) is 0 Å². The maximum absolute atomic E-state index is 11.1. The Hall–Kier alpha value is -2.64. The number of hydrogen-bond donors (Lipinski definition) is 3. The van der Waals surface area contributed by atoms with Crippen LogP contribution in [0.25, 0.3) is 11.0 Å². The van der Waals surface area contributed by atoms with E-state index in [0.29, 0.717) is 11.0 Å². The fourth-order valence-corrected chi connectivity index (χ4v) is 1.84. The Balaban J connectivity index is 2.32. The Kier molecular flexibility index (Phi) is 3.55. The van der Waals surface area contributed by atoms with Crippen LogP contribution in [0.3, 0.4) is 0 Å². The number of carbonyl (C=O) groups is 1. The monoisotopic (exact) mass is 278 g/mol. The number of nitro groups is 1. The zero-order valence-electron chi connectivity index (χ0n) is 11.0. The molecule has 0 saturated heterocycles. The molecule has 0 unspecified atom stereocenters. The first-order valence-electron chi connectivity index (χ1n) is 6.02. The van der Waals surface area contributed by atoms with E-state index in [1.807, 2.05) is 0 Å². The number of aromatic amines is 1. The van der Waals surface area contributed by atoms with Gasteiger partial charge in [0.15, 0.2) is 0 Å². The minimum absolute atomic E-state index is 0.0497. The first-order valence-corrected chi connectivity index (χ1v) is 6.02. The number of nitro benzene ring substituents is 1. The Labute approximate surface area is 114 Å². The zero-order valence-corrected chi connectivity index (χ0v) is 11.0. The fraction of sp³-hybridized carbons (Fsp3) is 0.333. The molecule has 106 valence electrons. The van der Waals surface area contributed by atoms with E-state index in [-0.39, 0.29) is 17.6 Å². The molecule has 0 fully saturated rings. The number of nitrogens with one attached hydrogen (secondary N) is 2. The lowest BCUT2D eigenvalue weighted by molar-refractivity contribution is -0.384. The van der Waals surface area contributed by atoms with Gasteiger partial charge in [-0.3, -0.25) is 10.1 Å². The lowest BCUT2D eigenvalue weighted by Gasteiger charge is -2.16. The summed E-state index contributed by atoms with van der Waals surface area (Å²) in [6.45, 7) is 3.55. The zero-order chi connectivity index (χ0) is 14.9. The quantitative estimate of drug-likeness (QED) is 0.568. The van der Waals surface area contributed by atoms with Gasteiger partial charge in [0.05, 0.1) is 16.0 Å². The molecule has 1 aromatic heterocycles. The van der Waals surface area contributed by atoms with E-state index in [2.05, 4.69) is 15.3 Å². The summed E-state index contributed by atoms with van der Waals surface area (Å²) in [4.78, 5) is 28.3. The number of rotatable bonds is 5. The number of hydrogen-bond acceptors (Lipinski definition) is 5. The van der Waals surface area contributed by atoms with E-state index in [0.717, 1.165) is 0 Å². The van der Waals surface area contributed by atoms with Gasteiger partial charge >= 0.3 is 5.97 Å². The average Bonchev–Trinajstić information content (AvgIpc) is 2.76. The SMILES string of the molecule is CC(C)[C@@H](Nc1nc2ccc([N+](=O)[O-])cc2[nH]1)C(=O)O. The van der Waals surface area contributed by atoms with Crippen LogP contribution in [-0.2, 0) is 4.79 Å². The topological polar surface area (TPSA) is 121 Å². The van der Waals surface area contributed by atoms with E-state index >= 15 is 0 Å². The molecule has 2 aromatic rings. The standard InChI is InChI=1S/C12H14N4O4/c1-6(2)10(11(17)18)15-12-13-8-4-3-7(16(19)20)5-9(8)14-12/h3-6,10H,1-2H3,(H,17,18)(H2,13,14,15)/t10-/m1/s1. The van der Waals surface area contributed by atoms with Crippen molar-refractivity contribution < 1.29 is 14.8 Å². The highest BCUT2D eigenvalue weighted by Gasteiger charge is 2.22. The molecule has 0 saturated carbocycles. The smallest absolute Gasteiger partial charge is 0.326 e. The van der Waals surface area contributed by atoms with Crippen molar-refractivity contribution in [3.8, 4) is 0 Å². The minimum atomic E-state index is -0.980. The summed E-state index contributed by atoms with van der Waals surface area (Å²) in [7, 11) is 0. The number of anilines is 1. The normalized spacial score (nSPS) is 12.6. The number of non-ortho nitro benzene ring substituents is 1. The third-order valence-corrected chi connectivity index (χ3v) is 2.90. The summed E-state index contributed by atoms with van der Waals surface area (Å²) >= 11 is 0. The molecule has 8 nitrogen and oxygen atoms in total. The van der Waals surface area contributed by atoms with Crippen molar-refractivity contribution in [2.75, 3.05) is 5.32 Å². The van der Waals surface area contributed by atoms with Crippen LogP contribution in [0, 0.1) is 16.0 Å². The summed E-state index contributed by atoms with van der Waals surface area (Å²) in [5.41, 5.74) is 0.965. The van der Waals surface area contributed by atoms with Crippen LogP contribution in [0.5, 0.6) is 0 Å². The number of aliphatic carboxylic acids is 1. The summed E-state index contributed by atoms with van der Waals surface area (Å²) in [5, 5.41) is 22.6. The van der Waals surface area contributed by atoms with Gasteiger partial charge in [-0.1, -0.05) is 13.8 Å². The second-order valence-corrected chi connectivity index (χ2v) is 4.75. The Morgan fingerprint density at radius 1 is 1.50 bits per heavy atom. The number of carboxylic acids is 1. The van der Waals surface area contributed by atoms with Crippen LogP contribution in [0.15, 0.2) is 18.2 Å². The first-order chi connectivity index (χ1) is 9.38. The van der Waals surface area contributed by atoms with Crippen molar-refractivity contribution in [2.45, 2.75) is 19.9 Å². The van der Waals surface area contributed by atoms with E-state index in [1.54, 1.807) is 13.8 Å². The molecule has 1 aromatic carbocycles. The number of fused-ring (bicyclic) bond motifs is 1. The number of H-pyrrole nitrogens is 1. The second-order valence-electron chi connectivity index (χ2n) is 4.75.